The number of benzene rings is 1. The van der Waals surface area contributed by atoms with Gasteiger partial charge in [-0.2, -0.15) is 0 Å². The van der Waals surface area contributed by atoms with Gasteiger partial charge in [0.15, 0.2) is 11.5 Å². The maximum atomic E-state index is 12.4. The van der Waals surface area contributed by atoms with Gasteiger partial charge >= 0.3 is 0 Å². The molecule has 0 spiro atoms. The van der Waals surface area contributed by atoms with Crippen LogP contribution in [0.2, 0.25) is 0 Å². The Balaban J connectivity index is 1.98. The Morgan fingerprint density at radius 2 is 2.00 bits per heavy atom. The van der Waals surface area contributed by atoms with Gasteiger partial charge in [-0.15, -0.1) is 0 Å². The van der Waals surface area contributed by atoms with E-state index in [0.29, 0.717) is 24.6 Å². The number of piperazine rings is 1. The topological polar surface area (TPSA) is 54.0 Å². The molecular weight excluding hydrogens is 282 g/mol. The maximum Gasteiger partial charge on any atom is 0.236 e. The van der Waals surface area contributed by atoms with Crippen LogP contribution in [0.1, 0.15) is 5.56 Å². The zero-order valence-corrected chi connectivity index (χ0v) is 13.6. The molecule has 2 rings (SSSR count). The Morgan fingerprint density at radius 1 is 1.27 bits per heavy atom. The van der Waals surface area contributed by atoms with Crippen LogP contribution < -0.4 is 14.8 Å². The number of methoxy groups -OCH3 is 2. The molecule has 0 aliphatic carbocycles. The number of amides is 1. The van der Waals surface area contributed by atoms with Gasteiger partial charge in [0, 0.05) is 45.3 Å². The van der Waals surface area contributed by atoms with Gasteiger partial charge in [-0.05, 0) is 6.07 Å². The molecule has 1 aliphatic heterocycles. The monoisotopic (exact) mass is 307 g/mol. The summed E-state index contributed by atoms with van der Waals surface area (Å²) in [5.74, 6) is 1.49. The van der Waals surface area contributed by atoms with E-state index in [9.17, 15) is 4.79 Å². The van der Waals surface area contributed by atoms with Crippen LogP contribution in [0, 0.1) is 0 Å². The number of likely N-dealkylation sites (N-methyl/N-ethyl adjacent to an activating group) is 1. The van der Waals surface area contributed by atoms with Crippen molar-refractivity contribution >= 4 is 5.91 Å². The first-order valence-corrected chi connectivity index (χ1v) is 7.52. The number of nitrogens with one attached hydrogen (secondary N) is 1. The van der Waals surface area contributed by atoms with E-state index in [2.05, 4.69) is 10.2 Å². The fourth-order valence-electron chi connectivity index (χ4n) is 2.60. The first-order chi connectivity index (χ1) is 10.7. The molecule has 1 saturated heterocycles. The van der Waals surface area contributed by atoms with Crippen molar-refractivity contribution in [2.24, 2.45) is 0 Å². The third-order valence-electron chi connectivity index (χ3n) is 3.89. The molecule has 1 aromatic rings. The Hall–Kier alpha value is -1.79. The molecule has 0 atom stereocenters. The van der Waals surface area contributed by atoms with Crippen molar-refractivity contribution in [3.8, 4) is 11.5 Å². The van der Waals surface area contributed by atoms with E-state index in [4.69, 9.17) is 9.47 Å². The van der Waals surface area contributed by atoms with Crippen molar-refractivity contribution in [2.45, 2.75) is 6.54 Å². The summed E-state index contributed by atoms with van der Waals surface area (Å²) in [5.41, 5.74) is 0.943. The third kappa shape index (κ3) is 4.11. The van der Waals surface area contributed by atoms with E-state index < -0.39 is 0 Å². The highest BCUT2D eigenvalue weighted by molar-refractivity contribution is 5.78. The second kappa shape index (κ2) is 8.00. The van der Waals surface area contributed by atoms with Gasteiger partial charge in [-0.1, -0.05) is 12.1 Å². The van der Waals surface area contributed by atoms with Crippen LogP contribution in [0.4, 0.5) is 0 Å². The molecule has 6 heteroatoms. The lowest BCUT2D eigenvalue weighted by Crippen LogP contribution is -2.47. The Kier molecular flexibility index (Phi) is 6.03. The number of hydrogen-bond acceptors (Lipinski definition) is 5. The highest BCUT2D eigenvalue weighted by Gasteiger charge is 2.18. The highest BCUT2D eigenvalue weighted by Crippen LogP contribution is 2.31. The number of hydrogen-bond donors (Lipinski definition) is 1. The molecule has 1 fully saturated rings. The molecular formula is C16H25N3O3. The first kappa shape index (κ1) is 16.6. The predicted octanol–water partition coefficient (Wildman–Crippen LogP) is 0.567. The summed E-state index contributed by atoms with van der Waals surface area (Å²) >= 11 is 0. The fourth-order valence-corrected chi connectivity index (χ4v) is 2.60. The molecule has 122 valence electrons. The predicted molar refractivity (Wildman–Crippen MR) is 85.3 cm³/mol. The Bertz CT molecular complexity index is 501. The van der Waals surface area contributed by atoms with E-state index in [1.807, 2.05) is 25.2 Å². The van der Waals surface area contributed by atoms with Crippen molar-refractivity contribution in [3.63, 3.8) is 0 Å². The largest absolute Gasteiger partial charge is 0.493 e. The number of rotatable bonds is 6. The Morgan fingerprint density at radius 3 is 2.64 bits per heavy atom. The van der Waals surface area contributed by atoms with Crippen molar-refractivity contribution in [1.82, 2.24) is 15.1 Å². The molecule has 0 radical (unpaired) electrons. The van der Waals surface area contributed by atoms with E-state index in [-0.39, 0.29) is 5.91 Å². The molecule has 1 N–H and O–H groups in total. The lowest BCUT2D eigenvalue weighted by Gasteiger charge is -2.28. The quantitative estimate of drug-likeness (QED) is 0.833. The normalized spacial score (nSPS) is 15.4. The molecule has 0 unspecified atom stereocenters. The molecule has 6 nitrogen and oxygen atoms in total. The zero-order valence-electron chi connectivity index (χ0n) is 13.6. The lowest BCUT2D eigenvalue weighted by molar-refractivity contribution is -0.131. The standard InChI is InChI=1S/C16H25N3O3/c1-18(15(20)12-19-9-7-17-8-10-19)11-13-5-4-6-14(21-2)16(13)22-3/h4-6,17H,7-12H2,1-3H3. The van der Waals surface area contributed by atoms with Gasteiger partial charge in [0.1, 0.15) is 0 Å². The summed E-state index contributed by atoms with van der Waals surface area (Å²) in [5, 5.41) is 3.29. The minimum absolute atomic E-state index is 0.117. The van der Waals surface area contributed by atoms with Crippen molar-refractivity contribution in [2.75, 3.05) is 54.0 Å². The molecule has 0 aromatic heterocycles. The summed E-state index contributed by atoms with van der Waals surface area (Å²) in [6, 6.07) is 5.71. The average molecular weight is 307 g/mol. The third-order valence-corrected chi connectivity index (χ3v) is 3.89. The summed E-state index contributed by atoms with van der Waals surface area (Å²) in [7, 11) is 5.05. The van der Waals surface area contributed by atoms with Crippen LogP contribution in [0.3, 0.4) is 0 Å². The van der Waals surface area contributed by atoms with Gasteiger partial charge in [0.05, 0.1) is 20.8 Å². The smallest absolute Gasteiger partial charge is 0.236 e. The number of ether oxygens (including phenoxy) is 2. The zero-order chi connectivity index (χ0) is 15.9. The summed E-state index contributed by atoms with van der Waals surface area (Å²) in [6.45, 7) is 4.70. The van der Waals surface area contributed by atoms with Gasteiger partial charge in [0.25, 0.3) is 0 Å². The van der Waals surface area contributed by atoms with Crippen LogP contribution in [0.5, 0.6) is 11.5 Å². The van der Waals surface area contributed by atoms with E-state index in [1.54, 1.807) is 19.1 Å². The first-order valence-electron chi connectivity index (χ1n) is 7.52. The van der Waals surface area contributed by atoms with Gasteiger partial charge < -0.3 is 19.7 Å². The van der Waals surface area contributed by atoms with Gasteiger partial charge in [-0.25, -0.2) is 0 Å². The molecule has 22 heavy (non-hydrogen) atoms. The van der Waals surface area contributed by atoms with E-state index >= 15 is 0 Å². The van der Waals surface area contributed by atoms with Crippen molar-refractivity contribution in [3.05, 3.63) is 23.8 Å². The van der Waals surface area contributed by atoms with Gasteiger partial charge in [0.2, 0.25) is 5.91 Å². The SMILES string of the molecule is COc1cccc(CN(C)C(=O)CN2CCNCC2)c1OC. The highest BCUT2D eigenvalue weighted by atomic mass is 16.5. The number of carbonyl (C=O) groups is 1. The molecule has 1 heterocycles. The Labute approximate surface area is 132 Å². The van der Waals surface area contributed by atoms with E-state index in [0.717, 1.165) is 31.7 Å². The molecule has 1 amide bonds. The second-order valence-corrected chi connectivity index (χ2v) is 5.43. The molecule has 0 saturated carbocycles. The molecule has 0 bridgehead atoms. The minimum atomic E-state index is 0.117. The van der Waals surface area contributed by atoms with Crippen LogP contribution in [0.15, 0.2) is 18.2 Å². The van der Waals surface area contributed by atoms with Crippen LogP contribution in [-0.4, -0.2) is 69.7 Å². The second-order valence-electron chi connectivity index (χ2n) is 5.43. The lowest BCUT2D eigenvalue weighted by atomic mass is 10.1. The summed E-state index contributed by atoms with van der Waals surface area (Å²) in [4.78, 5) is 16.3. The molecule has 1 aliphatic rings. The number of nitrogens with zero attached hydrogens (tertiary/aromatic N) is 2. The fraction of sp³-hybridized carbons (Fsp3) is 0.562. The van der Waals surface area contributed by atoms with Gasteiger partial charge in [-0.3, -0.25) is 9.69 Å². The van der Waals surface area contributed by atoms with E-state index in [1.165, 1.54) is 0 Å². The molecule has 1 aromatic carbocycles. The summed E-state index contributed by atoms with van der Waals surface area (Å²) in [6.07, 6.45) is 0. The van der Waals surface area contributed by atoms with Crippen LogP contribution >= 0.6 is 0 Å². The van der Waals surface area contributed by atoms with Crippen molar-refractivity contribution < 1.29 is 14.3 Å². The number of para-hydroxylation sites is 1. The van der Waals surface area contributed by atoms with Crippen LogP contribution in [-0.2, 0) is 11.3 Å². The maximum absolute atomic E-state index is 12.4. The average Bonchev–Trinajstić information content (AvgIpc) is 2.55. The van der Waals surface area contributed by atoms with Crippen LogP contribution in [0.25, 0.3) is 0 Å². The van der Waals surface area contributed by atoms with Crippen molar-refractivity contribution in [1.29, 1.82) is 0 Å². The minimum Gasteiger partial charge on any atom is -0.493 e. The number of carbonyl (C=O) groups excluding carboxylic acids is 1. The summed E-state index contributed by atoms with van der Waals surface area (Å²) < 4.78 is 10.7.